The number of carboxylic acids is 1. The Labute approximate surface area is 118 Å². The number of aromatic amines is 1. The molecule has 4 N–H and O–H groups in total. The van der Waals surface area contributed by atoms with Gasteiger partial charge in [-0.1, -0.05) is 0 Å². The first-order chi connectivity index (χ1) is 9.78. The van der Waals surface area contributed by atoms with E-state index in [1.807, 2.05) is 0 Å². The summed E-state index contributed by atoms with van der Waals surface area (Å²) in [4.78, 5) is 24.7. The number of rotatable bonds is 2. The first-order valence-electron chi connectivity index (χ1n) is 5.70. The Bertz CT molecular complexity index is 885. The number of carbonyl (C=O) groups excluding carboxylic acids is 1. The number of aromatic nitrogens is 1. The molecule has 1 aromatic carbocycles. The van der Waals surface area contributed by atoms with Gasteiger partial charge in [0.25, 0.3) is 5.91 Å². The molecule has 3 rings (SSSR count). The quantitative estimate of drug-likeness (QED) is 0.603. The predicted octanol–water partition coefficient (Wildman–Crippen LogP) is -0.247. The molecule has 1 saturated heterocycles. The van der Waals surface area contributed by atoms with E-state index in [4.69, 9.17) is 5.11 Å². The van der Waals surface area contributed by atoms with E-state index in [1.54, 1.807) is 4.72 Å². The number of nitrogens with one attached hydrogen (secondary N) is 2. The molecule has 1 fully saturated rings. The Morgan fingerprint density at radius 1 is 1.29 bits per heavy atom. The highest BCUT2D eigenvalue weighted by Crippen LogP contribution is 2.34. The van der Waals surface area contributed by atoms with Crippen LogP contribution in [0.25, 0.3) is 10.9 Å². The molecule has 0 aliphatic carbocycles. The van der Waals surface area contributed by atoms with E-state index in [9.17, 15) is 23.1 Å². The number of aromatic carboxylic acids is 1. The third kappa shape index (κ3) is 2.05. The van der Waals surface area contributed by atoms with Gasteiger partial charge in [-0.05, 0) is 18.2 Å². The molecule has 0 saturated carbocycles. The summed E-state index contributed by atoms with van der Waals surface area (Å²) in [6.07, 6.45) is 0. The average molecular weight is 311 g/mol. The number of anilines is 1. The Morgan fingerprint density at radius 3 is 2.57 bits per heavy atom. The van der Waals surface area contributed by atoms with Gasteiger partial charge in [-0.3, -0.25) is 4.79 Å². The lowest BCUT2D eigenvalue weighted by molar-refractivity contribution is -0.117. The molecule has 1 amide bonds. The highest BCUT2D eigenvalue weighted by molar-refractivity contribution is 7.92. The Morgan fingerprint density at radius 2 is 2.00 bits per heavy atom. The van der Waals surface area contributed by atoms with E-state index >= 15 is 0 Å². The van der Waals surface area contributed by atoms with Crippen molar-refractivity contribution in [1.29, 1.82) is 0 Å². The average Bonchev–Trinajstić information content (AvgIpc) is 2.88. The summed E-state index contributed by atoms with van der Waals surface area (Å²) in [5, 5.41) is 19.2. The Balaban J connectivity index is 2.17. The van der Waals surface area contributed by atoms with E-state index in [-0.39, 0.29) is 17.1 Å². The maximum atomic E-state index is 11.8. The SMILES string of the molecule is O=C1CN(c2cc3[nH]c(C(=O)O)cc3cc2O)S(=O)(=O)N1. The first-order valence-corrected chi connectivity index (χ1v) is 7.14. The Kier molecular flexibility index (Phi) is 2.60. The number of aromatic hydroxyl groups is 1. The number of benzene rings is 1. The summed E-state index contributed by atoms with van der Waals surface area (Å²) in [5.74, 6) is -2.27. The zero-order chi connectivity index (χ0) is 15.4. The lowest BCUT2D eigenvalue weighted by Crippen LogP contribution is -2.29. The van der Waals surface area contributed by atoms with Crippen molar-refractivity contribution in [3.8, 4) is 5.75 Å². The van der Waals surface area contributed by atoms with Crippen LogP contribution in [-0.4, -0.2) is 42.0 Å². The molecule has 0 radical (unpaired) electrons. The minimum atomic E-state index is -4.05. The molecule has 0 spiro atoms. The van der Waals surface area contributed by atoms with Gasteiger partial charge in [0, 0.05) is 10.9 Å². The number of nitrogens with zero attached hydrogens (tertiary/aromatic N) is 1. The van der Waals surface area contributed by atoms with Crippen molar-refractivity contribution in [3.63, 3.8) is 0 Å². The highest BCUT2D eigenvalue weighted by atomic mass is 32.2. The van der Waals surface area contributed by atoms with Crippen LogP contribution in [-0.2, 0) is 15.0 Å². The lowest BCUT2D eigenvalue weighted by Gasteiger charge is -2.16. The van der Waals surface area contributed by atoms with Crippen molar-refractivity contribution in [3.05, 3.63) is 23.9 Å². The molecule has 1 aromatic heterocycles. The minimum Gasteiger partial charge on any atom is -0.506 e. The molecule has 21 heavy (non-hydrogen) atoms. The molecule has 2 aromatic rings. The summed E-state index contributed by atoms with van der Waals surface area (Å²) in [6.45, 7) is -0.450. The molecule has 10 heteroatoms. The number of phenolic OH excluding ortho intramolecular Hbond substituents is 1. The Hall–Kier alpha value is -2.75. The third-order valence-corrected chi connectivity index (χ3v) is 4.43. The highest BCUT2D eigenvalue weighted by Gasteiger charge is 2.35. The van der Waals surface area contributed by atoms with Crippen molar-refractivity contribution in [2.75, 3.05) is 10.8 Å². The molecular formula is C11H9N3O6S. The molecule has 0 atom stereocenters. The molecule has 0 unspecified atom stereocenters. The third-order valence-electron chi connectivity index (χ3n) is 3.04. The second kappa shape index (κ2) is 4.12. The summed E-state index contributed by atoms with van der Waals surface area (Å²) in [6, 6.07) is 3.81. The fraction of sp³-hybridized carbons (Fsp3) is 0.0909. The van der Waals surface area contributed by atoms with Crippen LogP contribution in [0, 0.1) is 0 Å². The van der Waals surface area contributed by atoms with Gasteiger partial charge in [-0.2, -0.15) is 8.42 Å². The maximum absolute atomic E-state index is 11.8. The van der Waals surface area contributed by atoms with Crippen molar-refractivity contribution in [2.24, 2.45) is 0 Å². The number of hydrogen-bond acceptors (Lipinski definition) is 5. The van der Waals surface area contributed by atoms with Crippen LogP contribution in [0.1, 0.15) is 10.5 Å². The number of hydrogen-bond donors (Lipinski definition) is 4. The molecule has 0 bridgehead atoms. The number of fused-ring (bicyclic) bond motifs is 1. The lowest BCUT2D eigenvalue weighted by atomic mass is 10.2. The largest absolute Gasteiger partial charge is 0.506 e. The fourth-order valence-electron chi connectivity index (χ4n) is 2.13. The van der Waals surface area contributed by atoms with Gasteiger partial charge in [-0.25, -0.2) is 13.8 Å². The van der Waals surface area contributed by atoms with Gasteiger partial charge in [-0.15, -0.1) is 0 Å². The maximum Gasteiger partial charge on any atom is 0.352 e. The summed E-state index contributed by atoms with van der Waals surface area (Å²) in [7, 11) is -4.05. The van der Waals surface area contributed by atoms with Crippen molar-refractivity contribution < 1.29 is 28.2 Å². The number of amides is 1. The number of H-pyrrole nitrogens is 1. The van der Waals surface area contributed by atoms with E-state index in [1.165, 1.54) is 18.2 Å². The van der Waals surface area contributed by atoms with E-state index in [0.717, 1.165) is 0 Å². The number of phenols is 1. The predicted molar refractivity (Wildman–Crippen MR) is 71.3 cm³/mol. The monoisotopic (exact) mass is 311 g/mol. The smallest absolute Gasteiger partial charge is 0.352 e. The van der Waals surface area contributed by atoms with Crippen molar-refractivity contribution in [1.82, 2.24) is 9.71 Å². The van der Waals surface area contributed by atoms with Gasteiger partial charge in [0.2, 0.25) is 0 Å². The summed E-state index contributed by atoms with van der Waals surface area (Å²) in [5.41, 5.74) is 0.120. The van der Waals surface area contributed by atoms with Gasteiger partial charge in [0.15, 0.2) is 0 Å². The second-order valence-corrected chi connectivity index (χ2v) is 6.05. The van der Waals surface area contributed by atoms with Crippen LogP contribution >= 0.6 is 0 Å². The molecule has 110 valence electrons. The van der Waals surface area contributed by atoms with Crippen LogP contribution in [0.5, 0.6) is 5.75 Å². The minimum absolute atomic E-state index is 0.0972. The van der Waals surface area contributed by atoms with Crippen LogP contribution in [0.2, 0.25) is 0 Å². The second-order valence-electron chi connectivity index (χ2n) is 4.45. The van der Waals surface area contributed by atoms with Gasteiger partial charge >= 0.3 is 16.2 Å². The molecule has 9 nitrogen and oxygen atoms in total. The summed E-state index contributed by atoms with van der Waals surface area (Å²) < 4.78 is 26.0. The number of carbonyl (C=O) groups is 2. The van der Waals surface area contributed by atoms with Gasteiger partial charge in [0.1, 0.15) is 18.0 Å². The van der Waals surface area contributed by atoms with E-state index in [2.05, 4.69) is 4.98 Å². The molecule has 1 aliphatic heterocycles. The van der Waals surface area contributed by atoms with E-state index in [0.29, 0.717) is 15.2 Å². The van der Waals surface area contributed by atoms with Crippen LogP contribution < -0.4 is 9.03 Å². The normalized spacial score (nSPS) is 17.1. The van der Waals surface area contributed by atoms with Crippen LogP contribution in [0.3, 0.4) is 0 Å². The zero-order valence-electron chi connectivity index (χ0n) is 10.3. The van der Waals surface area contributed by atoms with Crippen LogP contribution in [0.4, 0.5) is 5.69 Å². The van der Waals surface area contributed by atoms with E-state index < -0.39 is 28.6 Å². The summed E-state index contributed by atoms with van der Waals surface area (Å²) >= 11 is 0. The van der Waals surface area contributed by atoms with Gasteiger partial charge in [0.05, 0.1) is 5.69 Å². The number of carboxylic acid groups (broad SMARTS) is 1. The van der Waals surface area contributed by atoms with Crippen molar-refractivity contribution in [2.45, 2.75) is 0 Å². The van der Waals surface area contributed by atoms with Gasteiger partial charge < -0.3 is 15.2 Å². The standard InChI is InChI=1S/C11H9N3O6S/c15-9-2-5-1-7(11(17)18)12-6(5)3-8(9)14-4-10(16)13-21(14,19)20/h1-3,12,15H,4H2,(H,13,16)(H,17,18). The molecule has 1 aliphatic rings. The van der Waals surface area contributed by atoms with Crippen molar-refractivity contribution >= 4 is 38.7 Å². The molecule has 2 heterocycles. The fourth-order valence-corrected chi connectivity index (χ4v) is 3.29. The first kappa shape index (κ1) is 13.2. The topological polar surface area (TPSA) is 140 Å². The zero-order valence-corrected chi connectivity index (χ0v) is 11.1. The van der Waals surface area contributed by atoms with Crippen LogP contribution in [0.15, 0.2) is 18.2 Å². The molecular weight excluding hydrogens is 302 g/mol.